The maximum absolute atomic E-state index is 12.9. The van der Waals surface area contributed by atoms with Crippen molar-refractivity contribution in [3.63, 3.8) is 0 Å². The number of anilines is 2. The third-order valence-electron chi connectivity index (χ3n) is 6.02. The number of hydrogen-bond donors (Lipinski definition) is 3. The minimum Gasteiger partial charge on any atom is -0.481 e. The molecule has 0 unspecified atom stereocenters. The van der Waals surface area contributed by atoms with E-state index in [0.717, 1.165) is 29.0 Å². The second-order valence-electron chi connectivity index (χ2n) is 8.23. The molecule has 0 saturated heterocycles. The summed E-state index contributed by atoms with van der Waals surface area (Å²) in [6, 6.07) is 13.4. The molecule has 3 N–H and O–H groups in total. The van der Waals surface area contributed by atoms with Crippen molar-refractivity contribution in [2.45, 2.75) is 35.4 Å². The van der Waals surface area contributed by atoms with Crippen molar-refractivity contribution in [2.24, 2.45) is 0 Å². The number of benzene rings is 1. The summed E-state index contributed by atoms with van der Waals surface area (Å²) in [5.41, 5.74) is 3.52. The molecule has 8 nitrogen and oxygen atoms in total. The summed E-state index contributed by atoms with van der Waals surface area (Å²) in [6.07, 6.45) is 5.87. The van der Waals surface area contributed by atoms with Gasteiger partial charge in [0.15, 0.2) is 0 Å². The van der Waals surface area contributed by atoms with Crippen LogP contribution in [-0.2, 0) is 9.59 Å². The molecule has 2 aromatic heterocycles. The lowest BCUT2D eigenvalue weighted by Crippen LogP contribution is -2.41. The number of rotatable bonds is 6. The van der Waals surface area contributed by atoms with Crippen LogP contribution in [0.3, 0.4) is 0 Å². The number of nitrogens with zero attached hydrogens (tertiary/aromatic N) is 2. The van der Waals surface area contributed by atoms with E-state index in [1.54, 1.807) is 37.2 Å². The number of amides is 2. The van der Waals surface area contributed by atoms with Crippen LogP contribution in [-0.4, -0.2) is 46.7 Å². The van der Waals surface area contributed by atoms with Crippen molar-refractivity contribution < 1.29 is 14.3 Å². The Kier molecular flexibility index (Phi) is 6.46. The highest BCUT2D eigenvalue weighted by atomic mass is 32.2. The Balaban J connectivity index is 1.18. The van der Waals surface area contributed by atoms with E-state index in [1.807, 2.05) is 36.4 Å². The molecule has 34 heavy (non-hydrogen) atoms. The van der Waals surface area contributed by atoms with Crippen LogP contribution in [0.4, 0.5) is 11.4 Å². The number of carbonyl (C=O) groups is 2. The van der Waals surface area contributed by atoms with Crippen molar-refractivity contribution in [3.05, 3.63) is 60.3 Å². The number of ether oxygens (including phenoxy) is 1. The lowest BCUT2D eigenvalue weighted by molar-refractivity contribution is -0.116. The van der Waals surface area contributed by atoms with Crippen molar-refractivity contribution in [3.8, 4) is 5.88 Å². The first-order chi connectivity index (χ1) is 16.6. The van der Waals surface area contributed by atoms with Gasteiger partial charge in [0.2, 0.25) is 11.8 Å². The summed E-state index contributed by atoms with van der Waals surface area (Å²) in [6.45, 7) is 0.585. The fourth-order valence-electron chi connectivity index (χ4n) is 4.15. The lowest BCUT2D eigenvalue weighted by atomic mass is 9.94. The number of fused-ring (bicyclic) bond motifs is 2. The highest BCUT2D eigenvalue weighted by Gasteiger charge is 2.28. The maximum Gasteiger partial charge on any atom is 0.251 e. The van der Waals surface area contributed by atoms with E-state index < -0.39 is 0 Å². The van der Waals surface area contributed by atoms with Gasteiger partial charge in [-0.3, -0.25) is 14.6 Å². The number of hydrogen-bond acceptors (Lipinski definition) is 7. The van der Waals surface area contributed by atoms with E-state index in [2.05, 4.69) is 25.9 Å². The molecule has 2 amide bonds. The average Bonchev–Trinajstić information content (AvgIpc) is 2.87. The lowest BCUT2D eigenvalue weighted by Gasteiger charge is -2.27. The zero-order chi connectivity index (χ0) is 23.5. The standard InChI is InChI=1S/C25H25N5O3S/c1-33-22-11-10-18-23(30-22)19(12-13-26-18)29-24(31)15-6-8-16(9-7-15)27-14-21-25(32)28-17-4-2-3-5-20(17)34-21/h2-6,10-13,16,21,27H,7-9,14H2,1H3,(H,28,32)(H,26,29,31)/t16-,21-/m1/s1. The quantitative estimate of drug-likeness (QED) is 0.499. The van der Waals surface area contributed by atoms with Gasteiger partial charge in [0.05, 0.1) is 24.0 Å². The Bertz CT molecular complexity index is 1280. The highest BCUT2D eigenvalue weighted by Crippen LogP contribution is 2.35. The average molecular weight is 476 g/mol. The number of methoxy groups -OCH3 is 1. The van der Waals surface area contributed by atoms with Gasteiger partial charge in [0.25, 0.3) is 5.91 Å². The first-order valence-corrected chi connectivity index (χ1v) is 12.1. The summed E-state index contributed by atoms with van der Waals surface area (Å²) in [7, 11) is 1.55. The van der Waals surface area contributed by atoms with Gasteiger partial charge in [-0.15, -0.1) is 11.8 Å². The fourth-order valence-corrected chi connectivity index (χ4v) is 5.21. The van der Waals surface area contributed by atoms with Gasteiger partial charge in [-0.25, -0.2) is 4.98 Å². The van der Waals surface area contributed by atoms with Gasteiger partial charge in [-0.05, 0) is 43.5 Å². The molecule has 0 saturated carbocycles. The molecule has 5 rings (SSSR count). The number of nitrogens with one attached hydrogen (secondary N) is 3. The van der Waals surface area contributed by atoms with Crippen LogP contribution in [0.1, 0.15) is 19.3 Å². The van der Waals surface area contributed by atoms with Gasteiger partial charge in [0, 0.05) is 35.3 Å². The van der Waals surface area contributed by atoms with Crippen molar-refractivity contribution in [1.29, 1.82) is 0 Å². The van der Waals surface area contributed by atoms with E-state index in [0.29, 0.717) is 35.6 Å². The fraction of sp³-hybridized carbons (Fsp3) is 0.280. The number of thioether (sulfide) groups is 1. The Labute approximate surface area is 201 Å². The number of aromatic nitrogens is 2. The van der Waals surface area contributed by atoms with Gasteiger partial charge in [0.1, 0.15) is 10.8 Å². The molecule has 1 aliphatic carbocycles. The molecule has 1 aromatic carbocycles. The van der Waals surface area contributed by atoms with E-state index in [4.69, 9.17) is 4.74 Å². The Morgan fingerprint density at radius 2 is 2.12 bits per heavy atom. The smallest absolute Gasteiger partial charge is 0.251 e. The molecule has 3 heterocycles. The van der Waals surface area contributed by atoms with E-state index in [1.165, 1.54) is 0 Å². The Morgan fingerprint density at radius 1 is 1.24 bits per heavy atom. The SMILES string of the molecule is COc1ccc2nccc(NC(=O)C3=CC[C@@H](NC[C@H]4Sc5ccccc5NC4=O)CC3)c2n1. The predicted molar refractivity (Wildman–Crippen MR) is 133 cm³/mol. The highest BCUT2D eigenvalue weighted by molar-refractivity contribution is 8.01. The molecule has 174 valence electrons. The van der Waals surface area contributed by atoms with Crippen molar-refractivity contribution in [1.82, 2.24) is 15.3 Å². The summed E-state index contributed by atoms with van der Waals surface area (Å²) < 4.78 is 5.20. The molecule has 2 atom stereocenters. The third-order valence-corrected chi connectivity index (χ3v) is 7.29. The third kappa shape index (κ3) is 4.76. The van der Waals surface area contributed by atoms with E-state index >= 15 is 0 Å². The van der Waals surface area contributed by atoms with Crippen LogP contribution >= 0.6 is 11.8 Å². The molecule has 9 heteroatoms. The summed E-state index contributed by atoms with van der Waals surface area (Å²) in [4.78, 5) is 35.1. The summed E-state index contributed by atoms with van der Waals surface area (Å²) >= 11 is 1.59. The van der Waals surface area contributed by atoms with Gasteiger partial charge >= 0.3 is 0 Å². The Morgan fingerprint density at radius 3 is 2.94 bits per heavy atom. The molecular weight excluding hydrogens is 450 g/mol. The first kappa shape index (κ1) is 22.4. The number of pyridine rings is 2. The van der Waals surface area contributed by atoms with E-state index in [-0.39, 0.29) is 23.1 Å². The van der Waals surface area contributed by atoms with Crippen LogP contribution in [0.5, 0.6) is 5.88 Å². The zero-order valence-corrected chi connectivity index (χ0v) is 19.5. The van der Waals surface area contributed by atoms with Crippen molar-refractivity contribution >= 4 is 46.0 Å². The zero-order valence-electron chi connectivity index (χ0n) is 18.7. The number of para-hydroxylation sites is 1. The van der Waals surface area contributed by atoms with Crippen LogP contribution in [0, 0.1) is 0 Å². The molecule has 0 fully saturated rings. The second kappa shape index (κ2) is 9.82. The predicted octanol–water partition coefficient (Wildman–Crippen LogP) is 3.76. The van der Waals surface area contributed by atoms with E-state index in [9.17, 15) is 9.59 Å². The molecule has 2 aliphatic rings. The van der Waals surface area contributed by atoms with Crippen LogP contribution < -0.4 is 20.7 Å². The molecule has 3 aromatic rings. The van der Waals surface area contributed by atoms with Gasteiger partial charge in [-0.2, -0.15) is 0 Å². The molecule has 0 spiro atoms. The minimum atomic E-state index is -0.173. The first-order valence-electron chi connectivity index (χ1n) is 11.2. The monoisotopic (exact) mass is 475 g/mol. The largest absolute Gasteiger partial charge is 0.481 e. The topological polar surface area (TPSA) is 105 Å². The normalized spacial score (nSPS) is 19.7. The van der Waals surface area contributed by atoms with Crippen LogP contribution in [0.25, 0.3) is 11.0 Å². The van der Waals surface area contributed by atoms with Crippen LogP contribution in [0.15, 0.2) is 65.2 Å². The van der Waals surface area contributed by atoms with Gasteiger partial charge in [-0.1, -0.05) is 18.2 Å². The summed E-state index contributed by atoms with van der Waals surface area (Å²) in [5, 5.41) is 9.29. The minimum absolute atomic E-state index is 0.0254. The Hall–Kier alpha value is -3.43. The molecule has 0 radical (unpaired) electrons. The second-order valence-corrected chi connectivity index (χ2v) is 9.48. The van der Waals surface area contributed by atoms with Crippen molar-refractivity contribution in [2.75, 3.05) is 24.3 Å². The maximum atomic E-state index is 12.9. The molecule has 1 aliphatic heterocycles. The molecule has 0 bridgehead atoms. The molecular formula is C25H25N5O3S. The summed E-state index contributed by atoms with van der Waals surface area (Å²) in [5.74, 6) is 0.363. The number of carbonyl (C=O) groups excluding carboxylic acids is 2. The van der Waals surface area contributed by atoms with Gasteiger partial charge < -0.3 is 20.7 Å². The van der Waals surface area contributed by atoms with Crippen LogP contribution in [0.2, 0.25) is 0 Å².